The predicted molar refractivity (Wildman–Crippen MR) is 120 cm³/mol. The van der Waals surface area contributed by atoms with Gasteiger partial charge in [-0.15, -0.1) is 11.3 Å². The Kier molecular flexibility index (Phi) is 6.68. The van der Waals surface area contributed by atoms with Crippen LogP contribution in [0.25, 0.3) is 10.4 Å². The molecule has 0 radical (unpaired) electrons. The van der Waals surface area contributed by atoms with Gasteiger partial charge in [0.15, 0.2) is 0 Å². The molecule has 1 N–H and O–H groups in total. The summed E-state index contributed by atoms with van der Waals surface area (Å²) in [5, 5.41) is 9.82. The Labute approximate surface area is 190 Å². The van der Waals surface area contributed by atoms with Crippen molar-refractivity contribution in [2.24, 2.45) is 5.41 Å². The van der Waals surface area contributed by atoms with Gasteiger partial charge in [0, 0.05) is 35.6 Å². The zero-order valence-corrected chi connectivity index (χ0v) is 19.6. The van der Waals surface area contributed by atoms with Gasteiger partial charge in [-0.1, -0.05) is 32.4 Å². The van der Waals surface area contributed by atoms with Gasteiger partial charge in [0.1, 0.15) is 5.15 Å². The monoisotopic (exact) mass is 479 g/mol. The van der Waals surface area contributed by atoms with Crippen LogP contribution >= 0.6 is 22.9 Å². The molecule has 0 aliphatic rings. The lowest BCUT2D eigenvalue weighted by Crippen LogP contribution is -2.36. The van der Waals surface area contributed by atoms with E-state index in [4.69, 9.17) is 11.6 Å². The molecule has 0 fully saturated rings. The number of halogens is 1. The molecule has 10 heteroatoms. The van der Waals surface area contributed by atoms with Crippen molar-refractivity contribution in [3.05, 3.63) is 59.0 Å². The standard InChI is InChI=1S/C21H22ClN3O4S2/c1-21(2,3)13-25(20(26)27)12-14-10-17(31(28,29)15-6-4-8-23-11-15)18(30-14)16-7-5-9-24-19(16)22/h4-11H,12-13H2,1-3H3,(H,26,27). The van der Waals surface area contributed by atoms with Crippen LogP contribution in [0.15, 0.2) is 58.7 Å². The van der Waals surface area contributed by atoms with Crippen molar-refractivity contribution in [1.82, 2.24) is 14.9 Å². The van der Waals surface area contributed by atoms with Crippen molar-refractivity contribution in [3.8, 4) is 10.4 Å². The summed E-state index contributed by atoms with van der Waals surface area (Å²) in [7, 11) is -3.91. The van der Waals surface area contributed by atoms with E-state index in [1.54, 1.807) is 18.2 Å². The smallest absolute Gasteiger partial charge is 0.407 e. The molecule has 7 nitrogen and oxygen atoms in total. The summed E-state index contributed by atoms with van der Waals surface area (Å²) in [6.07, 6.45) is 3.23. The Morgan fingerprint density at radius 1 is 1.23 bits per heavy atom. The van der Waals surface area contributed by atoms with Gasteiger partial charge in [-0.3, -0.25) is 4.98 Å². The van der Waals surface area contributed by atoms with Crippen LogP contribution in [0, 0.1) is 5.41 Å². The number of carbonyl (C=O) groups is 1. The molecule has 3 aromatic heterocycles. The maximum Gasteiger partial charge on any atom is 0.407 e. The number of aromatic nitrogens is 2. The van der Waals surface area contributed by atoms with Gasteiger partial charge in [0.05, 0.1) is 21.2 Å². The zero-order valence-electron chi connectivity index (χ0n) is 17.2. The molecular weight excluding hydrogens is 458 g/mol. The zero-order chi connectivity index (χ0) is 22.8. The van der Waals surface area contributed by atoms with E-state index in [2.05, 4.69) is 9.97 Å². The summed E-state index contributed by atoms with van der Waals surface area (Å²) in [4.78, 5) is 22.1. The third kappa shape index (κ3) is 5.41. The maximum absolute atomic E-state index is 13.4. The van der Waals surface area contributed by atoms with Crippen LogP contribution in [0.4, 0.5) is 4.79 Å². The number of rotatable bonds is 6. The first kappa shape index (κ1) is 23.2. The third-order valence-electron chi connectivity index (χ3n) is 4.27. The molecule has 0 saturated heterocycles. The highest BCUT2D eigenvalue weighted by atomic mass is 35.5. The lowest BCUT2D eigenvalue weighted by Gasteiger charge is -2.27. The molecule has 0 bridgehead atoms. The summed E-state index contributed by atoms with van der Waals surface area (Å²) in [6, 6.07) is 7.90. The van der Waals surface area contributed by atoms with E-state index >= 15 is 0 Å². The van der Waals surface area contributed by atoms with Crippen molar-refractivity contribution < 1.29 is 18.3 Å². The Hall–Kier alpha value is -2.49. The van der Waals surface area contributed by atoms with Crippen LogP contribution in [0.1, 0.15) is 25.6 Å². The fourth-order valence-corrected chi connectivity index (χ4v) is 6.28. The second-order valence-electron chi connectivity index (χ2n) is 8.14. The average Bonchev–Trinajstić information content (AvgIpc) is 3.12. The number of carboxylic acid groups (broad SMARTS) is 1. The first-order chi connectivity index (χ1) is 14.5. The summed E-state index contributed by atoms with van der Waals surface area (Å²) in [5.41, 5.74) is 0.219. The highest BCUT2D eigenvalue weighted by Crippen LogP contribution is 2.41. The molecule has 31 heavy (non-hydrogen) atoms. The van der Waals surface area contributed by atoms with Crippen LogP contribution in [0.2, 0.25) is 5.15 Å². The Bertz CT molecular complexity index is 1190. The molecule has 0 saturated carbocycles. The summed E-state index contributed by atoms with van der Waals surface area (Å²) in [6.45, 7) is 6.18. The van der Waals surface area contributed by atoms with Crippen molar-refractivity contribution in [2.75, 3.05) is 6.54 Å². The number of sulfone groups is 1. The summed E-state index contributed by atoms with van der Waals surface area (Å²) in [5.74, 6) is 0. The molecule has 3 aromatic rings. The van der Waals surface area contributed by atoms with Crippen molar-refractivity contribution in [2.45, 2.75) is 37.1 Å². The van der Waals surface area contributed by atoms with E-state index in [1.807, 2.05) is 20.8 Å². The fraction of sp³-hybridized carbons (Fsp3) is 0.286. The largest absolute Gasteiger partial charge is 0.465 e. The Morgan fingerprint density at radius 2 is 1.94 bits per heavy atom. The number of thiophene rings is 1. The molecule has 0 aliphatic carbocycles. The Balaban J connectivity index is 2.13. The molecule has 1 amide bonds. The van der Waals surface area contributed by atoms with Gasteiger partial charge in [-0.05, 0) is 35.7 Å². The first-order valence-corrected chi connectivity index (χ1v) is 12.0. The number of hydrogen-bond donors (Lipinski definition) is 1. The summed E-state index contributed by atoms with van der Waals surface area (Å²) < 4.78 is 26.7. The third-order valence-corrected chi connectivity index (χ3v) is 7.62. The molecule has 0 aromatic carbocycles. The second kappa shape index (κ2) is 8.94. The quantitative estimate of drug-likeness (QED) is 0.486. The first-order valence-electron chi connectivity index (χ1n) is 9.35. The Morgan fingerprint density at radius 3 is 2.52 bits per heavy atom. The van der Waals surface area contributed by atoms with Crippen molar-refractivity contribution in [1.29, 1.82) is 0 Å². The van der Waals surface area contributed by atoms with Gasteiger partial charge in [0.25, 0.3) is 0 Å². The van der Waals surface area contributed by atoms with E-state index in [0.29, 0.717) is 21.9 Å². The predicted octanol–water partition coefficient (Wildman–Crippen LogP) is 5.22. The highest BCUT2D eigenvalue weighted by molar-refractivity contribution is 7.91. The van der Waals surface area contributed by atoms with Gasteiger partial charge >= 0.3 is 6.09 Å². The minimum Gasteiger partial charge on any atom is -0.465 e. The molecule has 0 atom stereocenters. The van der Waals surface area contributed by atoms with E-state index < -0.39 is 15.9 Å². The number of pyridine rings is 2. The van der Waals surface area contributed by atoms with Crippen LogP contribution < -0.4 is 0 Å². The average molecular weight is 480 g/mol. The van der Waals surface area contributed by atoms with Crippen LogP contribution in [-0.2, 0) is 16.4 Å². The molecule has 3 heterocycles. The fourth-order valence-electron chi connectivity index (χ4n) is 3.03. The lowest BCUT2D eigenvalue weighted by atomic mass is 9.96. The van der Waals surface area contributed by atoms with Crippen molar-refractivity contribution in [3.63, 3.8) is 0 Å². The minimum absolute atomic E-state index is 0.0467. The lowest BCUT2D eigenvalue weighted by molar-refractivity contribution is 0.123. The van der Waals surface area contributed by atoms with Gasteiger partial charge in [0.2, 0.25) is 9.84 Å². The van der Waals surface area contributed by atoms with E-state index in [0.717, 1.165) is 0 Å². The molecule has 0 unspecified atom stereocenters. The molecule has 164 valence electrons. The SMILES string of the molecule is CC(C)(C)CN(Cc1cc(S(=O)(=O)c2cccnc2)c(-c2cccnc2Cl)s1)C(=O)O. The molecule has 0 aliphatic heterocycles. The van der Waals surface area contributed by atoms with E-state index in [-0.39, 0.29) is 26.9 Å². The highest BCUT2D eigenvalue weighted by Gasteiger charge is 2.28. The van der Waals surface area contributed by atoms with Gasteiger partial charge < -0.3 is 10.0 Å². The second-order valence-corrected chi connectivity index (χ2v) is 11.6. The molecule has 0 spiro atoms. The molecular formula is C21H22ClN3O4S2. The van der Waals surface area contributed by atoms with Crippen LogP contribution in [0.3, 0.4) is 0 Å². The molecule has 3 rings (SSSR count). The van der Waals surface area contributed by atoms with Gasteiger partial charge in [-0.2, -0.15) is 0 Å². The minimum atomic E-state index is -3.91. The van der Waals surface area contributed by atoms with Crippen molar-refractivity contribution >= 4 is 38.9 Å². The summed E-state index contributed by atoms with van der Waals surface area (Å²) >= 11 is 7.45. The van der Waals surface area contributed by atoms with E-state index in [9.17, 15) is 18.3 Å². The van der Waals surface area contributed by atoms with E-state index in [1.165, 1.54) is 47.0 Å². The normalized spacial score (nSPS) is 12.0. The number of nitrogens with zero attached hydrogens (tertiary/aromatic N) is 3. The maximum atomic E-state index is 13.4. The van der Waals surface area contributed by atoms with Gasteiger partial charge in [-0.25, -0.2) is 18.2 Å². The number of amides is 1. The van der Waals surface area contributed by atoms with Crippen LogP contribution in [-0.4, -0.2) is 41.0 Å². The number of hydrogen-bond acceptors (Lipinski definition) is 6. The van der Waals surface area contributed by atoms with Crippen LogP contribution in [0.5, 0.6) is 0 Å². The topological polar surface area (TPSA) is 100 Å².